The van der Waals surface area contributed by atoms with Gasteiger partial charge in [-0.15, -0.1) is 0 Å². The highest BCUT2D eigenvalue weighted by Crippen LogP contribution is 2.16. The number of fused-ring (bicyclic) bond motifs is 1. The number of amides is 1. The van der Waals surface area contributed by atoms with E-state index in [0.717, 1.165) is 18.5 Å². The lowest BCUT2D eigenvalue weighted by Crippen LogP contribution is -2.47. The molecular formula is C17H18N2O2. The summed E-state index contributed by atoms with van der Waals surface area (Å²) >= 11 is 0. The Morgan fingerprint density at radius 1 is 1.14 bits per heavy atom. The first-order valence-corrected chi connectivity index (χ1v) is 7.08. The van der Waals surface area contributed by atoms with Crippen molar-refractivity contribution in [1.82, 2.24) is 10.6 Å². The summed E-state index contributed by atoms with van der Waals surface area (Å²) in [7, 11) is 0. The number of benzene rings is 2. The number of carbonyl (C=O) groups excluding carboxylic acids is 1. The molecule has 0 radical (unpaired) electrons. The highest BCUT2D eigenvalue weighted by atomic mass is 16.3. The molecule has 21 heavy (non-hydrogen) atoms. The topological polar surface area (TPSA) is 61.4 Å². The Balaban J connectivity index is 1.58. The number of nitrogens with one attached hydrogen (secondary N) is 2. The summed E-state index contributed by atoms with van der Waals surface area (Å²) in [6.07, 6.45) is 0.720. The number of hydrogen-bond donors (Lipinski definition) is 3. The zero-order chi connectivity index (χ0) is 14.7. The van der Waals surface area contributed by atoms with E-state index in [-0.39, 0.29) is 17.7 Å². The van der Waals surface area contributed by atoms with Crippen LogP contribution in [-0.2, 0) is 24.3 Å². The van der Waals surface area contributed by atoms with Crippen molar-refractivity contribution in [3.8, 4) is 5.75 Å². The second-order valence-corrected chi connectivity index (χ2v) is 5.29. The summed E-state index contributed by atoms with van der Waals surface area (Å²) in [6, 6.07) is 14.9. The molecule has 1 aliphatic heterocycles. The highest BCUT2D eigenvalue weighted by Gasteiger charge is 2.23. The molecule has 2 aromatic rings. The molecule has 4 nitrogen and oxygen atoms in total. The normalized spacial score (nSPS) is 17.0. The second kappa shape index (κ2) is 5.97. The van der Waals surface area contributed by atoms with Gasteiger partial charge in [-0.2, -0.15) is 0 Å². The standard InChI is InChI=1S/C17H18N2O2/c20-15-7-5-12(6-8-15)10-19-17(21)16-9-13-3-1-2-4-14(13)11-18-16/h1-8,16,18,20H,9-11H2,(H,19,21). The van der Waals surface area contributed by atoms with Crippen LogP contribution < -0.4 is 10.6 Å². The Bertz CT molecular complexity index is 637. The Labute approximate surface area is 123 Å². The zero-order valence-electron chi connectivity index (χ0n) is 11.7. The van der Waals surface area contributed by atoms with Crippen molar-refractivity contribution in [3.05, 3.63) is 65.2 Å². The van der Waals surface area contributed by atoms with E-state index in [1.807, 2.05) is 12.1 Å². The van der Waals surface area contributed by atoms with E-state index in [0.29, 0.717) is 6.54 Å². The predicted octanol–water partition coefficient (Wildman–Crippen LogP) is 1.72. The molecule has 0 saturated heterocycles. The lowest BCUT2D eigenvalue weighted by Gasteiger charge is -2.25. The van der Waals surface area contributed by atoms with Crippen molar-refractivity contribution in [2.45, 2.75) is 25.6 Å². The molecule has 3 rings (SSSR count). The maximum atomic E-state index is 12.2. The monoisotopic (exact) mass is 282 g/mol. The molecule has 0 aliphatic carbocycles. The average Bonchev–Trinajstić information content (AvgIpc) is 2.53. The van der Waals surface area contributed by atoms with Gasteiger partial charge in [0.25, 0.3) is 0 Å². The molecule has 0 saturated carbocycles. The largest absolute Gasteiger partial charge is 0.508 e. The number of rotatable bonds is 3. The fraction of sp³-hybridized carbons (Fsp3) is 0.235. The molecular weight excluding hydrogens is 264 g/mol. The first kappa shape index (κ1) is 13.6. The maximum absolute atomic E-state index is 12.2. The number of aromatic hydroxyl groups is 1. The third-order valence-corrected chi connectivity index (χ3v) is 3.80. The van der Waals surface area contributed by atoms with Crippen LogP contribution in [0.2, 0.25) is 0 Å². The van der Waals surface area contributed by atoms with Gasteiger partial charge in [-0.25, -0.2) is 0 Å². The minimum absolute atomic E-state index is 0.0116. The lowest BCUT2D eigenvalue weighted by atomic mass is 9.95. The van der Waals surface area contributed by atoms with Crippen LogP contribution >= 0.6 is 0 Å². The van der Waals surface area contributed by atoms with E-state index >= 15 is 0 Å². The first-order chi connectivity index (χ1) is 10.2. The van der Waals surface area contributed by atoms with Crippen molar-refractivity contribution in [2.24, 2.45) is 0 Å². The van der Waals surface area contributed by atoms with Gasteiger partial charge in [0.1, 0.15) is 5.75 Å². The van der Waals surface area contributed by atoms with Gasteiger partial charge in [-0.05, 0) is 35.2 Å². The van der Waals surface area contributed by atoms with Crippen LogP contribution in [0.25, 0.3) is 0 Å². The molecule has 0 spiro atoms. The van der Waals surface area contributed by atoms with Crippen LogP contribution in [0.3, 0.4) is 0 Å². The number of carbonyl (C=O) groups is 1. The smallest absolute Gasteiger partial charge is 0.237 e. The van der Waals surface area contributed by atoms with Crippen LogP contribution in [0, 0.1) is 0 Å². The van der Waals surface area contributed by atoms with E-state index in [1.165, 1.54) is 11.1 Å². The predicted molar refractivity (Wildman–Crippen MR) is 80.7 cm³/mol. The quantitative estimate of drug-likeness (QED) is 0.803. The summed E-state index contributed by atoms with van der Waals surface area (Å²) in [5.41, 5.74) is 3.47. The lowest BCUT2D eigenvalue weighted by molar-refractivity contribution is -0.123. The van der Waals surface area contributed by atoms with E-state index in [4.69, 9.17) is 0 Å². The van der Waals surface area contributed by atoms with Gasteiger partial charge in [-0.1, -0.05) is 36.4 Å². The van der Waals surface area contributed by atoms with Crippen LogP contribution in [0.5, 0.6) is 5.75 Å². The van der Waals surface area contributed by atoms with E-state index in [9.17, 15) is 9.90 Å². The van der Waals surface area contributed by atoms with E-state index < -0.39 is 0 Å². The van der Waals surface area contributed by atoms with Gasteiger partial charge >= 0.3 is 0 Å². The van der Waals surface area contributed by atoms with Crippen molar-refractivity contribution in [1.29, 1.82) is 0 Å². The molecule has 0 aromatic heterocycles. The van der Waals surface area contributed by atoms with Crippen LogP contribution in [0.15, 0.2) is 48.5 Å². The molecule has 1 unspecified atom stereocenters. The molecule has 2 aromatic carbocycles. The minimum atomic E-state index is -0.183. The molecule has 1 amide bonds. The molecule has 1 atom stereocenters. The molecule has 108 valence electrons. The summed E-state index contributed by atoms with van der Waals surface area (Å²) in [6.45, 7) is 1.20. The van der Waals surface area contributed by atoms with Crippen molar-refractivity contribution >= 4 is 5.91 Å². The molecule has 3 N–H and O–H groups in total. The summed E-state index contributed by atoms with van der Waals surface area (Å²) in [4.78, 5) is 12.2. The first-order valence-electron chi connectivity index (χ1n) is 7.08. The van der Waals surface area contributed by atoms with Crippen molar-refractivity contribution < 1.29 is 9.90 Å². The van der Waals surface area contributed by atoms with Gasteiger partial charge in [0, 0.05) is 13.1 Å². The van der Waals surface area contributed by atoms with Crippen molar-refractivity contribution in [3.63, 3.8) is 0 Å². The average molecular weight is 282 g/mol. The minimum Gasteiger partial charge on any atom is -0.508 e. The molecule has 1 aliphatic rings. The summed E-state index contributed by atoms with van der Waals surface area (Å²) in [5.74, 6) is 0.244. The number of phenolic OH excluding ortho intramolecular Hbond substituents is 1. The second-order valence-electron chi connectivity index (χ2n) is 5.29. The molecule has 0 fully saturated rings. The zero-order valence-corrected chi connectivity index (χ0v) is 11.7. The van der Waals surface area contributed by atoms with Gasteiger partial charge in [0.2, 0.25) is 5.91 Å². The number of hydrogen-bond acceptors (Lipinski definition) is 3. The fourth-order valence-electron chi connectivity index (χ4n) is 2.57. The molecule has 1 heterocycles. The van der Waals surface area contributed by atoms with Crippen LogP contribution in [-0.4, -0.2) is 17.1 Å². The fourth-order valence-corrected chi connectivity index (χ4v) is 2.57. The van der Waals surface area contributed by atoms with E-state index in [1.54, 1.807) is 24.3 Å². The van der Waals surface area contributed by atoms with Crippen LogP contribution in [0.4, 0.5) is 0 Å². The summed E-state index contributed by atoms with van der Waals surface area (Å²) < 4.78 is 0. The van der Waals surface area contributed by atoms with Gasteiger partial charge in [0.15, 0.2) is 0 Å². The number of phenols is 1. The highest BCUT2D eigenvalue weighted by molar-refractivity contribution is 5.82. The third-order valence-electron chi connectivity index (χ3n) is 3.80. The van der Waals surface area contributed by atoms with Gasteiger partial charge in [-0.3, -0.25) is 4.79 Å². The summed E-state index contributed by atoms with van der Waals surface area (Å²) in [5, 5.41) is 15.4. The Kier molecular flexibility index (Phi) is 3.88. The van der Waals surface area contributed by atoms with E-state index in [2.05, 4.69) is 22.8 Å². The molecule has 4 heteroatoms. The third kappa shape index (κ3) is 3.23. The van der Waals surface area contributed by atoms with Gasteiger partial charge in [0.05, 0.1) is 6.04 Å². The van der Waals surface area contributed by atoms with Gasteiger partial charge < -0.3 is 15.7 Å². The Hall–Kier alpha value is -2.33. The Morgan fingerprint density at radius 2 is 1.86 bits per heavy atom. The van der Waals surface area contributed by atoms with Crippen molar-refractivity contribution in [2.75, 3.05) is 0 Å². The maximum Gasteiger partial charge on any atom is 0.237 e. The SMILES string of the molecule is O=C(NCc1ccc(O)cc1)C1Cc2ccccc2CN1. The van der Waals surface area contributed by atoms with Crippen LogP contribution in [0.1, 0.15) is 16.7 Å². The molecule has 0 bridgehead atoms. The Morgan fingerprint density at radius 3 is 2.62 bits per heavy atom.